The van der Waals surface area contributed by atoms with E-state index in [1.807, 2.05) is 6.92 Å². The lowest BCUT2D eigenvalue weighted by molar-refractivity contribution is 0.0525. The first-order chi connectivity index (χ1) is 9.67. The normalized spacial score (nSPS) is 12.4. The van der Waals surface area contributed by atoms with Crippen LogP contribution >= 0.6 is 0 Å². The number of benzene rings is 1. The Kier molecular flexibility index (Phi) is 5.58. The average molecular weight is 294 g/mol. The summed E-state index contributed by atoms with van der Waals surface area (Å²) in [7, 11) is 0. The van der Waals surface area contributed by atoms with Crippen LogP contribution < -0.4 is 10.6 Å². The second kappa shape index (κ2) is 6.97. The van der Waals surface area contributed by atoms with Crippen molar-refractivity contribution >= 4 is 17.7 Å². The molecule has 0 spiro atoms. The molecule has 0 bridgehead atoms. The number of amides is 1. The molecule has 0 saturated carbocycles. The Hall–Kier alpha value is -2.24. The summed E-state index contributed by atoms with van der Waals surface area (Å²) >= 11 is 0. The van der Waals surface area contributed by atoms with Gasteiger partial charge in [-0.15, -0.1) is 0 Å². The molecule has 1 aromatic rings. The molecule has 0 radical (unpaired) electrons. The molecule has 1 amide bonds. The average Bonchev–Trinajstić information content (AvgIpc) is 2.35. The highest BCUT2D eigenvalue weighted by Crippen LogP contribution is 2.11. The number of carbonyl (C=O) groups excluding carboxylic acids is 1. The van der Waals surface area contributed by atoms with Crippen molar-refractivity contribution in [3.8, 4) is 0 Å². The van der Waals surface area contributed by atoms with Gasteiger partial charge in [-0.2, -0.15) is 0 Å². The molecule has 3 N–H and O–H groups in total. The lowest BCUT2D eigenvalue weighted by atomic mass is 10.2. The molecule has 6 nitrogen and oxygen atoms in total. The Morgan fingerprint density at radius 2 is 1.81 bits per heavy atom. The number of carboxylic acid groups (broad SMARTS) is 1. The zero-order valence-corrected chi connectivity index (χ0v) is 12.8. The quantitative estimate of drug-likeness (QED) is 0.777. The number of carbonyl (C=O) groups is 2. The highest BCUT2D eigenvalue weighted by molar-refractivity contribution is 5.88. The first-order valence-corrected chi connectivity index (χ1v) is 6.74. The molecule has 1 aromatic carbocycles. The van der Waals surface area contributed by atoms with Crippen LogP contribution in [0, 0.1) is 0 Å². The lowest BCUT2D eigenvalue weighted by Crippen LogP contribution is -2.38. The molecule has 1 atom stereocenters. The van der Waals surface area contributed by atoms with Gasteiger partial charge in [0.15, 0.2) is 0 Å². The maximum Gasteiger partial charge on any atom is 0.407 e. The van der Waals surface area contributed by atoms with Crippen molar-refractivity contribution in [2.24, 2.45) is 0 Å². The number of carboxylic acids is 1. The maximum absolute atomic E-state index is 11.5. The zero-order chi connectivity index (χ0) is 16.0. The Morgan fingerprint density at radius 3 is 2.29 bits per heavy atom. The van der Waals surface area contributed by atoms with Crippen LogP contribution in [0.1, 0.15) is 38.1 Å². The van der Waals surface area contributed by atoms with Crippen molar-refractivity contribution in [3.63, 3.8) is 0 Å². The number of ether oxygens (including phenoxy) is 1. The molecule has 6 heteroatoms. The predicted molar refractivity (Wildman–Crippen MR) is 80.7 cm³/mol. The number of alkyl carbamates (subject to hydrolysis) is 1. The van der Waals surface area contributed by atoms with Crippen LogP contribution in [0.5, 0.6) is 0 Å². The largest absolute Gasteiger partial charge is 0.478 e. The van der Waals surface area contributed by atoms with Crippen LogP contribution in [0.4, 0.5) is 10.5 Å². The van der Waals surface area contributed by atoms with Crippen molar-refractivity contribution in [1.82, 2.24) is 5.32 Å². The lowest BCUT2D eigenvalue weighted by Gasteiger charge is -2.21. The van der Waals surface area contributed by atoms with Crippen LogP contribution in [0.25, 0.3) is 0 Å². The molecule has 21 heavy (non-hydrogen) atoms. The Morgan fingerprint density at radius 1 is 1.24 bits per heavy atom. The topological polar surface area (TPSA) is 87.7 Å². The third-order valence-corrected chi connectivity index (χ3v) is 2.50. The number of rotatable bonds is 5. The standard InChI is InChI=1S/C15H22N2O4/c1-10(9-16-14(20)21-15(2,3)4)17-12-7-5-11(6-8-12)13(18)19/h5-8,10,17H,9H2,1-4H3,(H,16,20)(H,18,19). The minimum Gasteiger partial charge on any atom is -0.478 e. The van der Waals surface area contributed by atoms with Gasteiger partial charge in [-0.1, -0.05) is 0 Å². The number of aromatic carboxylic acids is 1. The summed E-state index contributed by atoms with van der Waals surface area (Å²) in [5, 5.41) is 14.6. The molecular formula is C15H22N2O4. The fourth-order valence-corrected chi connectivity index (χ4v) is 1.60. The van der Waals surface area contributed by atoms with Crippen molar-refractivity contribution in [2.75, 3.05) is 11.9 Å². The minimum atomic E-state index is -0.957. The van der Waals surface area contributed by atoms with Gasteiger partial charge in [0.1, 0.15) is 5.60 Å². The van der Waals surface area contributed by atoms with Gasteiger partial charge in [0.05, 0.1) is 5.56 Å². The second-order valence-corrected chi connectivity index (χ2v) is 5.81. The van der Waals surface area contributed by atoms with Crippen LogP contribution in [0.15, 0.2) is 24.3 Å². The number of hydrogen-bond donors (Lipinski definition) is 3. The molecule has 0 aromatic heterocycles. The van der Waals surface area contributed by atoms with Crippen LogP contribution in [-0.2, 0) is 4.74 Å². The molecule has 0 aliphatic rings. The first kappa shape index (κ1) is 16.8. The van der Waals surface area contributed by atoms with Gasteiger partial charge in [0.2, 0.25) is 0 Å². The van der Waals surface area contributed by atoms with Crippen molar-refractivity contribution in [1.29, 1.82) is 0 Å². The molecule has 1 rings (SSSR count). The van der Waals surface area contributed by atoms with Gasteiger partial charge in [0, 0.05) is 18.3 Å². The maximum atomic E-state index is 11.5. The fourth-order valence-electron chi connectivity index (χ4n) is 1.60. The molecule has 0 heterocycles. The third kappa shape index (κ3) is 6.65. The number of anilines is 1. The van der Waals surface area contributed by atoms with E-state index in [2.05, 4.69) is 10.6 Å². The van der Waals surface area contributed by atoms with Crippen LogP contribution in [-0.4, -0.2) is 35.4 Å². The first-order valence-electron chi connectivity index (χ1n) is 6.74. The second-order valence-electron chi connectivity index (χ2n) is 5.81. The van der Waals surface area contributed by atoms with Gasteiger partial charge >= 0.3 is 12.1 Å². The van der Waals surface area contributed by atoms with Crippen LogP contribution in [0.3, 0.4) is 0 Å². The molecule has 1 unspecified atom stereocenters. The Balaban J connectivity index is 2.41. The summed E-state index contributed by atoms with van der Waals surface area (Å²) in [6.07, 6.45) is -0.461. The Bertz CT molecular complexity index is 491. The smallest absolute Gasteiger partial charge is 0.407 e. The third-order valence-electron chi connectivity index (χ3n) is 2.50. The summed E-state index contributed by atoms with van der Waals surface area (Å²) in [6.45, 7) is 7.72. The summed E-state index contributed by atoms with van der Waals surface area (Å²) in [5.41, 5.74) is 0.506. The zero-order valence-electron chi connectivity index (χ0n) is 12.8. The van der Waals surface area contributed by atoms with E-state index in [-0.39, 0.29) is 11.6 Å². The van der Waals surface area contributed by atoms with Gasteiger partial charge < -0.3 is 20.5 Å². The van der Waals surface area contributed by atoms with E-state index in [4.69, 9.17) is 9.84 Å². The van der Waals surface area contributed by atoms with Crippen molar-refractivity contribution in [2.45, 2.75) is 39.3 Å². The van der Waals surface area contributed by atoms with E-state index >= 15 is 0 Å². The van der Waals surface area contributed by atoms with E-state index in [1.54, 1.807) is 32.9 Å². The van der Waals surface area contributed by atoms with E-state index in [1.165, 1.54) is 12.1 Å². The minimum absolute atomic E-state index is 0.0202. The van der Waals surface area contributed by atoms with E-state index in [9.17, 15) is 9.59 Å². The highest BCUT2D eigenvalue weighted by atomic mass is 16.6. The van der Waals surface area contributed by atoms with Crippen molar-refractivity contribution in [3.05, 3.63) is 29.8 Å². The molecule has 0 aliphatic heterocycles. The van der Waals surface area contributed by atoms with Gasteiger partial charge in [-0.3, -0.25) is 0 Å². The fraction of sp³-hybridized carbons (Fsp3) is 0.467. The SMILES string of the molecule is CC(CNC(=O)OC(C)(C)C)Nc1ccc(C(=O)O)cc1. The predicted octanol–water partition coefficient (Wildman–Crippen LogP) is 2.71. The van der Waals surface area contributed by atoms with Gasteiger partial charge in [-0.05, 0) is 52.0 Å². The molecule has 116 valence electrons. The Labute approximate surface area is 124 Å². The monoisotopic (exact) mass is 294 g/mol. The van der Waals surface area contributed by atoms with Gasteiger partial charge in [0.25, 0.3) is 0 Å². The summed E-state index contributed by atoms with van der Waals surface area (Å²) in [6, 6.07) is 6.41. The van der Waals surface area contributed by atoms with E-state index < -0.39 is 17.7 Å². The summed E-state index contributed by atoms with van der Waals surface area (Å²) < 4.78 is 5.14. The summed E-state index contributed by atoms with van der Waals surface area (Å²) in [4.78, 5) is 22.3. The van der Waals surface area contributed by atoms with Crippen LogP contribution in [0.2, 0.25) is 0 Å². The molecular weight excluding hydrogens is 272 g/mol. The van der Waals surface area contributed by atoms with E-state index in [0.717, 1.165) is 5.69 Å². The molecule has 0 aliphatic carbocycles. The number of hydrogen-bond acceptors (Lipinski definition) is 4. The molecule has 0 saturated heterocycles. The van der Waals surface area contributed by atoms with Gasteiger partial charge in [-0.25, -0.2) is 9.59 Å². The summed E-state index contributed by atoms with van der Waals surface area (Å²) in [5.74, 6) is -0.957. The van der Waals surface area contributed by atoms with E-state index in [0.29, 0.717) is 6.54 Å². The van der Waals surface area contributed by atoms with Crippen molar-refractivity contribution < 1.29 is 19.4 Å². The number of nitrogens with one attached hydrogen (secondary N) is 2. The molecule has 0 fully saturated rings. The highest BCUT2D eigenvalue weighted by Gasteiger charge is 2.16.